The Labute approximate surface area is 192 Å². The van der Waals surface area contributed by atoms with Crippen molar-refractivity contribution in [2.45, 2.75) is 49.6 Å². The van der Waals surface area contributed by atoms with E-state index < -0.39 is 6.09 Å². The number of nitrogens with one attached hydrogen (secondary N) is 2. The summed E-state index contributed by atoms with van der Waals surface area (Å²) in [5.74, 6) is 1.40. The molecule has 0 spiro atoms. The zero-order valence-corrected chi connectivity index (χ0v) is 18.7. The van der Waals surface area contributed by atoms with Crippen LogP contribution in [-0.4, -0.2) is 32.6 Å². The van der Waals surface area contributed by atoms with E-state index in [9.17, 15) is 9.59 Å². The average Bonchev–Trinajstić information content (AvgIpc) is 3.12. The van der Waals surface area contributed by atoms with E-state index in [-0.39, 0.29) is 17.0 Å². The minimum absolute atomic E-state index is 0.133. The van der Waals surface area contributed by atoms with Crippen molar-refractivity contribution in [2.75, 3.05) is 0 Å². The van der Waals surface area contributed by atoms with Crippen LogP contribution in [0.1, 0.15) is 49.0 Å². The number of nitrogens with zero attached hydrogens (tertiary/aromatic N) is 2. The molecule has 7 rings (SSSR count). The number of hydrogen-bond donors (Lipinski definition) is 2. The number of carbonyl (C=O) groups is 2. The number of rotatable bonds is 4. The second kappa shape index (κ2) is 7.33. The predicted octanol–water partition coefficient (Wildman–Crippen LogP) is 4.18. The SMILES string of the molecule is Cn1ccc2cc(OC(=O)NC34CC5CC(C3)CC(NC(=O)c3ccccn3)(C5)C4)ccc21. The third kappa shape index (κ3) is 3.65. The molecule has 0 saturated heterocycles. The van der Waals surface area contributed by atoms with Gasteiger partial charge in [-0.1, -0.05) is 6.07 Å². The molecule has 2 N–H and O–H groups in total. The highest BCUT2D eigenvalue weighted by Gasteiger charge is 2.59. The van der Waals surface area contributed by atoms with E-state index in [4.69, 9.17) is 4.74 Å². The number of pyridine rings is 1. The zero-order chi connectivity index (χ0) is 22.6. The summed E-state index contributed by atoms with van der Waals surface area (Å²) in [4.78, 5) is 30.1. The van der Waals surface area contributed by atoms with Gasteiger partial charge in [0.15, 0.2) is 0 Å². The minimum atomic E-state index is -0.418. The van der Waals surface area contributed by atoms with Crippen LogP contribution in [0.15, 0.2) is 54.9 Å². The van der Waals surface area contributed by atoms with Gasteiger partial charge in [0.25, 0.3) is 5.91 Å². The number of amides is 2. The number of aromatic nitrogens is 2. The Balaban J connectivity index is 1.19. The monoisotopic (exact) mass is 444 g/mol. The maximum absolute atomic E-state index is 13.0. The number of carbonyl (C=O) groups excluding carboxylic acids is 2. The molecule has 4 aliphatic rings. The summed E-state index contributed by atoms with van der Waals surface area (Å²) in [5.41, 5.74) is 0.894. The van der Waals surface area contributed by atoms with E-state index in [1.54, 1.807) is 12.3 Å². The molecule has 33 heavy (non-hydrogen) atoms. The maximum atomic E-state index is 13.0. The molecule has 2 heterocycles. The van der Waals surface area contributed by atoms with Gasteiger partial charge in [-0.25, -0.2) is 4.79 Å². The summed E-state index contributed by atoms with van der Waals surface area (Å²) < 4.78 is 7.73. The quantitative estimate of drug-likeness (QED) is 0.632. The summed E-state index contributed by atoms with van der Waals surface area (Å²) in [6, 6.07) is 13.1. The molecule has 2 unspecified atom stereocenters. The van der Waals surface area contributed by atoms with Crippen molar-refractivity contribution >= 4 is 22.9 Å². The van der Waals surface area contributed by atoms with E-state index in [1.165, 1.54) is 6.42 Å². The first-order valence-corrected chi connectivity index (χ1v) is 11.7. The highest BCUT2D eigenvalue weighted by Crippen LogP contribution is 2.57. The van der Waals surface area contributed by atoms with Crippen LogP contribution >= 0.6 is 0 Å². The lowest BCUT2D eigenvalue weighted by Gasteiger charge is -2.62. The number of hydrogen-bond acceptors (Lipinski definition) is 4. The summed E-state index contributed by atoms with van der Waals surface area (Å²) >= 11 is 0. The lowest BCUT2D eigenvalue weighted by atomic mass is 9.50. The van der Waals surface area contributed by atoms with Crippen LogP contribution in [0.4, 0.5) is 4.79 Å². The van der Waals surface area contributed by atoms with E-state index in [1.807, 2.05) is 54.2 Å². The fraction of sp³-hybridized carbons (Fsp3) is 0.423. The molecule has 7 heteroatoms. The lowest BCUT2D eigenvalue weighted by molar-refractivity contribution is -0.0449. The molecule has 4 saturated carbocycles. The molecule has 0 aliphatic heterocycles. The van der Waals surface area contributed by atoms with Crippen molar-refractivity contribution in [1.82, 2.24) is 20.2 Å². The Morgan fingerprint density at radius 2 is 1.79 bits per heavy atom. The number of ether oxygens (including phenoxy) is 1. The summed E-state index contributed by atoms with van der Waals surface area (Å²) in [6.07, 6.45) is 8.93. The van der Waals surface area contributed by atoms with Gasteiger partial charge >= 0.3 is 6.09 Å². The first-order chi connectivity index (χ1) is 15.9. The molecule has 7 nitrogen and oxygen atoms in total. The predicted molar refractivity (Wildman–Crippen MR) is 124 cm³/mol. The van der Waals surface area contributed by atoms with Crippen LogP contribution in [0.5, 0.6) is 5.75 Å². The van der Waals surface area contributed by atoms with Gasteiger partial charge in [0, 0.05) is 41.4 Å². The molecule has 1 aromatic carbocycles. The first kappa shape index (κ1) is 20.3. The van der Waals surface area contributed by atoms with Gasteiger partial charge in [0.05, 0.1) is 0 Å². The maximum Gasteiger partial charge on any atom is 0.413 e. The molecule has 2 amide bonds. The lowest BCUT2D eigenvalue weighted by Crippen LogP contribution is -2.70. The fourth-order valence-electron chi connectivity index (χ4n) is 7.03. The highest BCUT2D eigenvalue weighted by atomic mass is 16.6. The van der Waals surface area contributed by atoms with Crippen molar-refractivity contribution in [1.29, 1.82) is 0 Å². The van der Waals surface area contributed by atoms with Crippen molar-refractivity contribution < 1.29 is 14.3 Å². The van der Waals surface area contributed by atoms with Crippen molar-refractivity contribution in [2.24, 2.45) is 18.9 Å². The second-order valence-electron chi connectivity index (χ2n) is 10.4. The molecule has 4 bridgehead atoms. The Hall–Kier alpha value is -3.35. The standard InChI is InChI=1S/C26H28N4O3/c1-30-9-7-19-11-20(5-6-22(19)30)33-24(32)29-26-14-17-10-18(15-26)13-25(12-17,16-26)28-23(31)21-4-2-3-8-27-21/h2-9,11,17-18H,10,12-16H2,1H3,(H,28,31)(H,29,32). The smallest absolute Gasteiger partial charge is 0.410 e. The van der Waals surface area contributed by atoms with Crippen LogP contribution in [0.2, 0.25) is 0 Å². The van der Waals surface area contributed by atoms with E-state index in [0.717, 1.165) is 43.0 Å². The first-order valence-electron chi connectivity index (χ1n) is 11.7. The third-order valence-corrected chi connectivity index (χ3v) is 7.77. The van der Waals surface area contributed by atoms with Gasteiger partial charge in [0.2, 0.25) is 0 Å². The molecule has 170 valence electrons. The fourth-order valence-corrected chi connectivity index (χ4v) is 7.03. The molecule has 2 atom stereocenters. The van der Waals surface area contributed by atoms with Crippen molar-refractivity contribution in [3.8, 4) is 5.75 Å². The third-order valence-electron chi connectivity index (χ3n) is 7.77. The van der Waals surface area contributed by atoms with Gasteiger partial charge in [0.1, 0.15) is 11.4 Å². The topological polar surface area (TPSA) is 85.2 Å². The zero-order valence-electron chi connectivity index (χ0n) is 18.7. The van der Waals surface area contributed by atoms with Gasteiger partial charge in [-0.15, -0.1) is 0 Å². The van der Waals surface area contributed by atoms with Crippen molar-refractivity contribution in [3.05, 3.63) is 60.6 Å². The van der Waals surface area contributed by atoms with Crippen LogP contribution in [-0.2, 0) is 7.05 Å². The van der Waals surface area contributed by atoms with E-state index >= 15 is 0 Å². The van der Waals surface area contributed by atoms with Crippen LogP contribution in [0.3, 0.4) is 0 Å². The van der Waals surface area contributed by atoms with Crippen LogP contribution in [0.25, 0.3) is 10.9 Å². The van der Waals surface area contributed by atoms with Gasteiger partial charge in [-0.05, 0) is 86.8 Å². The molecule has 2 aromatic heterocycles. The Morgan fingerprint density at radius 3 is 2.52 bits per heavy atom. The van der Waals surface area contributed by atoms with Gasteiger partial charge < -0.3 is 19.9 Å². The van der Waals surface area contributed by atoms with Gasteiger partial charge in [-0.2, -0.15) is 0 Å². The summed E-state index contributed by atoms with van der Waals surface area (Å²) in [6.45, 7) is 0. The molecule has 3 aromatic rings. The Morgan fingerprint density at radius 1 is 1.03 bits per heavy atom. The Kier molecular flexibility index (Phi) is 4.50. The van der Waals surface area contributed by atoms with E-state index in [2.05, 4.69) is 15.6 Å². The van der Waals surface area contributed by atoms with Crippen molar-refractivity contribution in [3.63, 3.8) is 0 Å². The highest BCUT2D eigenvalue weighted by molar-refractivity contribution is 5.92. The number of aryl methyl sites for hydroxylation is 1. The largest absolute Gasteiger partial charge is 0.413 e. The van der Waals surface area contributed by atoms with Gasteiger partial charge in [-0.3, -0.25) is 9.78 Å². The summed E-state index contributed by atoms with van der Waals surface area (Å²) in [7, 11) is 1.99. The van der Waals surface area contributed by atoms with Crippen LogP contribution in [0, 0.1) is 11.8 Å². The molecular formula is C26H28N4O3. The molecule has 0 radical (unpaired) electrons. The second-order valence-corrected chi connectivity index (χ2v) is 10.4. The normalized spacial score (nSPS) is 29.7. The van der Waals surface area contributed by atoms with Crippen LogP contribution < -0.4 is 15.4 Å². The molecule has 4 fully saturated rings. The number of fused-ring (bicyclic) bond motifs is 1. The average molecular weight is 445 g/mol. The molecule has 4 aliphatic carbocycles. The molecular weight excluding hydrogens is 416 g/mol. The number of benzene rings is 1. The minimum Gasteiger partial charge on any atom is -0.410 e. The summed E-state index contributed by atoms with van der Waals surface area (Å²) in [5, 5.41) is 7.58. The van der Waals surface area contributed by atoms with E-state index in [0.29, 0.717) is 23.3 Å². The Bertz CT molecular complexity index is 1220.